The van der Waals surface area contributed by atoms with E-state index in [9.17, 15) is 4.79 Å². The van der Waals surface area contributed by atoms with E-state index in [-0.39, 0.29) is 6.42 Å². The first kappa shape index (κ1) is 12.8. The van der Waals surface area contributed by atoms with E-state index in [2.05, 4.69) is 25.1 Å². The molecule has 1 rings (SSSR count). The Kier molecular flexibility index (Phi) is 5.62. The fourth-order valence-electron chi connectivity index (χ4n) is 1.84. The van der Waals surface area contributed by atoms with Crippen LogP contribution < -0.4 is 0 Å². The van der Waals surface area contributed by atoms with Gasteiger partial charge in [0.25, 0.3) is 0 Å². The summed E-state index contributed by atoms with van der Waals surface area (Å²) in [6, 6.07) is 8.37. The first-order valence-corrected chi connectivity index (χ1v) is 6.02. The fourth-order valence-corrected chi connectivity index (χ4v) is 1.84. The number of hydrogen-bond acceptors (Lipinski definition) is 1. The minimum Gasteiger partial charge on any atom is -0.481 e. The zero-order valence-corrected chi connectivity index (χ0v) is 9.91. The fraction of sp³-hybridized carbons (Fsp3) is 0.500. The maximum Gasteiger partial charge on any atom is 0.303 e. The Morgan fingerprint density at radius 3 is 2.19 bits per heavy atom. The van der Waals surface area contributed by atoms with Gasteiger partial charge in [-0.2, -0.15) is 0 Å². The molecule has 1 N–H and O–H groups in total. The second-order valence-corrected chi connectivity index (χ2v) is 4.12. The van der Waals surface area contributed by atoms with Gasteiger partial charge in [0, 0.05) is 6.42 Å². The molecule has 0 atom stereocenters. The van der Waals surface area contributed by atoms with Crippen LogP contribution in [0.3, 0.4) is 0 Å². The molecule has 0 unspecified atom stereocenters. The summed E-state index contributed by atoms with van der Waals surface area (Å²) >= 11 is 0. The molecule has 1 aromatic rings. The number of carboxylic acid groups (broad SMARTS) is 1. The van der Waals surface area contributed by atoms with E-state index in [1.165, 1.54) is 24.0 Å². The van der Waals surface area contributed by atoms with E-state index in [4.69, 9.17) is 5.11 Å². The van der Waals surface area contributed by atoms with Gasteiger partial charge in [0.15, 0.2) is 0 Å². The van der Waals surface area contributed by atoms with Crippen molar-refractivity contribution in [1.29, 1.82) is 0 Å². The van der Waals surface area contributed by atoms with Crippen LogP contribution in [0.25, 0.3) is 0 Å². The molecule has 0 amide bonds. The average Bonchev–Trinajstić information content (AvgIpc) is 2.27. The topological polar surface area (TPSA) is 37.3 Å². The second kappa shape index (κ2) is 7.04. The molecule has 0 fully saturated rings. The Morgan fingerprint density at radius 2 is 1.69 bits per heavy atom. The zero-order chi connectivity index (χ0) is 11.8. The average molecular weight is 220 g/mol. The summed E-state index contributed by atoms with van der Waals surface area (Å²) in [5.74, 6) is -0.703. The largest absolute Gasteiger partial charge is 0.481 e. The maximum absolute atomic E-state index is 10.4. The summed E-state index contributed by atoms with van der Waals surface area (Å²) in [5, 5.41) is 8.60. The molecule has 0 heterocycles. The molecule has 0 aliphatic heterocycles. The number of aliphatic carboxylic acids is 1. The highest BCUT2D eigenvalue weighted by molar-refractivity contribution is 5.66. The van der Waals surface area contributed by atoms with Crippen LogP contribution in [0.4, 0.5) is 0 Å². The Hall–Kier alpha value is -1.31. The van der Waals surface area contributed by atoms with Gasteiger partial charge in [0.05, 0.1) is 0 Å². The SMILES string of the molecule is CCCCc1ccccc1CCCC(=O)O. The molecular weight excluding hydrogens is 200 g/mol. The Bertz CT molecular complexity index is 331. The van der Waals surface area contributed by atoms with E-state index in [0.717, 1.165) is 19.3 Å². The van der Waals surface area contributed by atoms with Crippen molar-refractivity contribution in [1.82, 2.24) is 0 Å². The third kappa shape index (κ3) is 4.47. The lowest BCUT2D eigenvalue weighted by Crippen LogP contribution is -1.98. The molecule has 0 spiro atoms. The summed E-state index contributed by atoms with van der Waals surface area (Å²) < 4.78 is 0. The highest BCUT2D eigenvalue weighted by Gasteiger charge is 2.03. The van der Waals surface area contributed by atoms with E-state index in [1.807, 2.05) is 6.07 Å². The molecule has 0 aliphatic rings. The summed E-state index contributed by atoms with van der Waals surface area (Å²) in [6.45, 7) is 2.19. The van der Waals surface area contributed by atoms with Crippen molar-refractivity contribution in [2.45, 2.75) is 45.4 Å². The number of aryl methyl sites for hydroxylation is 2. The van der Waals surface area contributed by atoms with Gasteiger partial charge in [0.2, 0.25) is 0 Å². The molecule has 0 saturated carbocycles. The number of unbranched alkanes of at least 4 members (excludes halogenated alkanes) is 1. The van der Waals surface area contributed by atoms with Gasteiger partial charge in [-0.1, -0.05) is 37.6 Å². The Balaban J connectivity index is 2.52. The lowest BCUT2D eigenvalue weighted by Gasteiger charge is -2.08. The molecular formula is C14H20O2. The first-order valence-electron chi connectivity index (χ1n) is 6.02. The van der Waals surface area contributed by atoms with E-state index >= 15 is 0 Å². The molecule has 1 aromatic carbocycles. The molecule has 16 heavy (non-hydrogen) atoms. The van der Waals surface area contributed by atoms with Crippen LogP contribution in [0.15, 0.2) is 24.3 Å². The highest BCUT2D eigenvalue weighted by atomic mass is 16.4. The molecule has 2 nitrogen and oxygen atoms in total. The molecule has 0 saturated heterocycles. The van der Waals surface area contributed by atoms with Crippen molar-refractivity contribution in [3.8, 4) is 0 Å². The van der Waals surface area contributed by atoms with Gasteiger partial charge >= 0.3 is 5.97 Å². The summed E-state index contributed by atoms with van der Waals surface area (Å²) in [5.41, 5.74) is 2.70. The van der Waals surface area contributed by atoms with Crippen molar-refractivity contribution in [3.63, 3.8) is 0 Å². The quantitative estimate of drug-likeness (QED) is 0.764. The molecule has 88 valence electrons. The third-order valence-electron chi connectivity index (χ3n) is 2.75. The second-order valence-electron chi connectivity index (χ2n) is 4.12. The van der Waals surface area contributed by atoms with Crippen LogP contribution in [0.5, 0.6) is 0 Å². The summed E-state index contributed by atoms with van der Waals surface area (Å²) in [6.07, 6.45) is 5.39. The lowest BCUT2D eigenvalue weighted by atomic mass is 9.98. The monoisotopic (exact) mass is 220 g/mol. The van der Waals surface area contributed by atoms with Gasteiger partial charge in [0.1, 0.15) is 0 Å². The summed E-state index contributed by atoms with van der Waals surface area (Å²) in [4.78, 5) is 10.4. The van der Waals surface area contributed by atoms with Crippen LogP contribution in [0.1, 0.15) is 43.7 Å². The number of carbonyl (C=O) groups is 1. The predicted octanol–water partition coefficient (Wildman–Crippen LogP) is 3.44. The lowest BCUT2D eigenvalue weighted by molar-refractivity contribution is -0.137. The molecule has 0 radical (unpaired) electrons. The normalized spacial score (nSPS) is 10.3. The predicted molar refractivity (Wildman–Crippen MR) is 65.6 cm³/mol. The Labute approximate surface area is 97.3 Å². The number of hydrogen-bond donors (Lipinski definition) is 1. The van der Waals surface area contributed by atoms with Crippen molar-refractivity contribution in [2.75, 3.05) is 0 Å². The molecule has 0 aliphatic carbocycles. The van der Waals surface area contributed by atoms with E-state index < -0.39 is 5.97 Å². The number of rotatable bonds is 7. The van der Waals surface area contributed by atoms with Gasteiger partial charge < -0.3 is 5.11 Å². The van der Waals surface area contributed by atoms with Gasteiger partial charge in [-0.05, 0) is 36.8 Å². The van der Waals surface area contributed by atoms with E-state index in [0.29, 0.717) is 0 Å². The molecule has 0 bridgehead atoms. The first-order chi connectivity index (χ1) is 7.74. The third-order valence-corrected chi connectivity index (χ3v) is 2.75. The standard InChI is InChI=1S/C14H20O2/c1-2-3-7-12-8-4-5-9-13(12)10-6-11-14(15)16/h4-5,8-9H,2-3,6-7,10-11H2,1H3,(H,15,16). The van der Waals surface area contributed by atoms with Gasteiger partial charge in [-0.25, -0.2) is 0 Å². The van der Waals surface area contributed by atoms with Gasteiger partial charge in [-0.3, -0.25) is 4.79 Å². The van der Waals surface area contributed by atoms with Crippen LogP contribution in [0.2, 0.25) is 0 Å². The van der Waals surface area contributed by atoms with Crippen LogP contribution in [0, 0.1) is 0 Å². The maximum atomic E-state index is 10.4. The van der Waals surface area contributed by atoms with Crippen LogP contribution >= 0.6 is 0 Å². The summed E-state index contributed by atoms with van der Waals surface area (Å²) in [7, 11) is 0. The van der Waals surface area contributed by atoms with Crippen molar-refractivity contribution in [3.05, 3.63) is 35.4 Å². The smallest absolute Gasteiger partial charge is 0.303 e. The van der Waals surface area contributed by atoms with Crippen molar-refractivity contribution >= 4 is 5.97 Å². The number of carboxylic acids is 1. The molecule has 0 aromatic heterocycles. The van der Waals surface area contributed by atoms with Crippen molar-refractivity contribution in [2.24, 2.45) is 0 Å². The minimum absolute atomic E-state index is 0.266. The zero-order valence-electron chi connectivity index (χ0n) is 9.91. The van der Waals surface area contributed by atoms with Crippen LogP contribution in [-0.4, -0.2) is 11.1 Å². The highest BCUT2D eigenvalue weighted by Crippen LogP contribution is 2.14. The minimum atomic E-state index is -0.703. The van der Waals surface area contributed by atoms with Crippen LogP contribution in [-0.2, 0) is 17.6 Å². The van der Waals surface area contributed by atoms with Crippen molar-refractivity contribution < 1.29 is 9.90 Å². The molecule has 2 heteroatoms. The van der Waals surface area contributed by atoms with Gasteiger partial charge in [-0.15, -0.1) is 0 Å². The van der Waals surface area contributed by atoms with E-state index in [1.54, 1.807) is 0 Å². The number of benzene rings is 1. The Morgan fingerprint density at radius 1 is 1.12 bits per heavy atom.